The molecule has 0 spiro atoms. The number of aromatic nitrogens is 6. The fraction of sp³-hybridized carbons (Fsp3) is 0.150. The second kappa shape index (κ2) is 8.41. The van der Waals surface area contributed by atoms with Gasteiger partial charge in [-0.15, -0.1) is 0 Å². The third-order valence-electron chi connectivity index (χ3n) is 4.53. The minimum absolute atomic E-state index is 0.0294. The Kier molecular flexibility index (Phi) is 5.51. The molecule has 1 aromatic carbocycles. The number of carbonyl (C=O) groups is 1. The lowest BCUT2D eigenvalue weighted by molar-refractivity contribution is 0.0931. The maximum absolute atomic E-state index is 14.0. The molecule has 1 amide bonds. The normalized spacial score (nSPS) is 11.8. The predicted octanol–water partition coefficient (Wildman–Crippen LogP) is 3.15. The summed E-state index contributed by atoms with van der Waals surface area (Å²) in [5, 5.41) is 29.7. The minimum Gasteiger partial charge on any atom is -0.346 e. The Labute approximate surface area is 180 Å². The zero-order valence-corrected chi connectivity index (χ0v) is 17.0. The first-order chi connectivity index (χ1) is 14.9. The van der Waals surface area contributed by atoms with Crippen molar-refractivity contribution in [3.05, 3.63) is 64.8 Å². The van der Waals surface area contributed by atoms with Gasteiger partial charge in [0.1, 0.15) is 28.8 Å². The van der Waals surface area contributed by atoms with Crippen LogP contribution in [-0.4, -0.2) is 42.1 Å². The van der Waals surface area contributed by atoms with Crippen LogP contribution in [0.15, 0.2) is 42.7 Å². The van der Waals surface area contributed by atoms with E-state index in [-0.39, 0.29) is 22.5 Å². The van der Waals surface area contributed by atoms with E-state index in [1.807, 2.05) is 6.92 Å². The van der Waals surface area contributed by atoms with Crippen molar-refractivity contribution in [2.45, 2.75) is 19.5 Å². The average Bonchev–Trinajstić information content (AvgIpc) is 3.48. The summed E-state index contributed by atoms with van der Waals surface area (Å²) < 4.78 is 15.6. The van der Waals surface area contributed by atoms with Crippen LogP contribution in [-0.2, 0) is 6.54 Å². The van der Waals surface area contributed by atoms with E-state index in [1.54, 1.807) is 41.3 Å². The van der Waals surface area contributed by atoms with Crippen molar-refractivity contribution in [3.8, 4) is 28.7 Å². The minimum atomic E-state index is -0.700. The van der Waals surface area contributed by atoms with Crippen LogP contribution in [0.5, 0.6) is 0 Å². The molecule has 3 heterocycles. The molecule has 0 saturated heterocycles. The van der Waals surface area contributed by atoms with Crippen molar-refractivity contribution in [2.75, 3.05) is 0 Å². The maximum Gasteiger partial charge on any atom is 0.269 e. The van der Waals surface area contributed by atoms with Crippen LogP contribution < -0.4 is 5.32 Å². The van der Waals surface area contributed by atoms with E-state index in [9.17, 15) is 9.18 Å². The number of nitrogens with one attached hydrogen (secondary N) is 3. The predicted molar refractivity (Wildman–Crippen MR) is 110 cm³/mol. The Morgan fingerprint density at radius 3 is 2.87 bits per heavy atom. The van der Waals surface area contributed by atoms with Gasteiger partial charge in [-0.05, 0) is 37.3 Å². The Morgan fingerprint density at radius 2 is 2.16 bits per heavy atom. The monoisotopic (exact) mass is 438 g/mol. The van der Waals surface area contributed by atoms with Crippen LogP contribution in [0.3, 0.4) is 0 Å². The molecule has 0 aliphatic rings. The van der Waals surface area contributed by atoms with E-state index in [0.29, 0.717) is 34.9 Å². The molecular formula is C20H16ClFN8O. The van der Waals surface area contributed by atoms with Gasteiger partial charge < -0.3 is 5.32 Å². The van der Waals surface area contributed by atoms with Crippen LogP contribution >= 0.6 is 11.6 Å². The number of nitriles is 1. The van der Waals surface area contributed by atoms with Gasteiger partial charge >= 0.3 is 0 Å². The van der Waals surface area contributed by atoms with Crippen LogP contribution in [0.2, 0.25) is 5.02 Å². The molecular weight excluding hydrogens is 423 g/mol. The highest BCUT2D eigenvalue weighted by atomic mass is 35.5. The topological polar surface area (TPSA) is 128 Å². The second-order valence-electron chi connectivity index (χ2n) is 6.86. The maximum atomic E-state index is 14.0. The molecule has 11 heteroatoms. The number of nitrogens with zero attached hydrogens (tertiary/aromatic N) is 5. The molecule has 4 aromatic rings. The van der Waals surface area contributed by atoms with Crippen LogP contribution in [0.25, 0.3) is 22.6 Å². The number of benzene rings is 1. The molecule has 0 fully saturated rings. The summed E-state index contributed by atoms with van der Waals surface area (Å²) in [5.41, 5.74) is 2.37. The summed E-state index contributed by atoms with van der Waals surface area (Å²) in [7, 11) is 0. The lowest BCUT2D eigenvalue weighted by Gasteiger charge is -2.13. The summed E-state index contributed by atoms with van der Waals surface area (Å²) in [6.45, 7) is 2.23. The fourth-order valence-electron chi connectivity index (χ4n) is 3.05. The largest absolute Gasteiger partial charge is 0.346 e. The highest BCUT2D eigenvalue weighted by Gasteiger charge is 2.16. The Hall–Kier alpha value is -3.97. The molecule has 156 valence electrons. The van der Waals surface area contributed by atoms with Crippen LogP contribution in [0, 0.1) is 17.1 Å². The lowest BCUT2D eigenvalue weighted by atomic mass is 10.1. The molecule has 0 aliphatic carbocycles. The van der Waals surface area contributed by atoms with E-state index in [1.165, 1.54) is 12.1 Å². The van der Waals surface area contributed by atoms with E-state index in [4.69, 9.17) is 16.9 Å². The Bertz CT molecular complexity index is 1250. The van der Waals surface area contributed by atoms with Gasteiger partial charge in [-0.2, -0.15) is 20.6 Å². The third-order valence-corrected chi connectivity index (χ3v) is 4.83. The molecule has 3 aromatic heterocycles. The quantitative estimate of drug-likeness (QED) is 0.426. The van der Waals surface area contributed by atoms with Crippen LogP contribution in [0.1, 0.15) is 23.0 Å². The van der Waals surface area contributed by atoms with Gasteiger partial charge in [-0.1, -0.05) is 11.6 Å². The van der Waals surface area contributed by atoms with Crippen molar-refractivity contribution >= 4 is 17.5 Å². The van der Waals surface area contributed by atoms with Gasteiger partial charge in [0.15, 0.2) is 0 Å². The molecule has 1 atom stereocenters. The standard InChI is InChI=1S/C20H16ClFN8O/c1-11(25-20(31)19-8-18(27-28-19)17-2-4-24-26-17)10-30-5-3-16(29-30)12-6-14(21)13(9-23)15(22)7-12/h2-8,11H,10H2,1H3,(H,24,26)(H,25,31)(H,27,28). The smallest absolute Gasteiger partial charge is 0.269 e. The number of H-pyrrole nitrogens is 2. The average molecular weight is 439 g/mol. The lowest BCUT2D eigenvalue weighted by Crippen LogP contribution is -2.36. The Balaban J connectivity index is 1.41. The molecule has 1 unspecified atom stereocenters. The zero-order valence-electron chi connectivity index (χ0n) is 16.2. The SMILES string of the molecule is CC(Cn1ccc(-c2cc(F)c(C#N)c(Cl)c2)n1)NC(=O)c1cc(-c2ccn[nH]2)n[nH]1. The van der Waals surface area contributed by atoms with Crippen molar-refractivity contribution in [1.29, 1.82) is 5.26 Å². The number of hydrogen-bond donors (Lipinski definition) is 3. The first kappa shape index (κ1) is 20.3. The summed E-state index contributed by atoms with van der Waals surface area (Å²) in [5.74, 6) is -1.01. The number of carbonyl (C=O) groups excluding carboxylic acids is 1. The van der Waals surface area contributed by atoms with E-state index in [2.05, 4.69) is 30.8 Å². The molecule has 0 aliphatic heterocycles. The first-order valence-electron chi connectivity index (χ1n) is 9.23. The summed E-state index contributed by atoms with van der Waals surface area (Å²) >= 11 is 5.97. The van der Waals surface area contributed by atoms with Gasteiger partial charge in [0, 0.05) is 24.0 Å². The van der Waals surface area contributed by atoms with E-state index < -0.39 is 5.82 Å². The molecule has 3 N–H and O–H groups in total. The number of hydrogen-bond acceptors (Lipinski definition) is 5. The van der Waals surface area contributed by atoms with Gasteiger partial charge in [0.2, 0.25) is 0 Å². The van der Waals surface area contributed by atoms with Gasteiger partial charge in [-0.3, -0.25) is 19.7 Å². The highest BCUT2D eigenvalue weighted by Crippen LogP contribution is 2.26. The summed E-state index contributed by atoms with van der Waals surface area (Å²) in [6, 6.07) is 9.29. The van der Waals surface area contributed by atoms with E-state index >= 15 is 0 Å². The van der Waals surface area contributed by atoms with Gasteiger partial charge in [0.25, 0.3) is 5.91 Å². The molecule has 0 saturated carbocycles. The van der Waals surface area contributed by atoms with Crippen molar-refractivity contribution in [2.24, 2.45) is 0 Å². The molecule has 9 nitrogen and oxygen atoms in total. The molecule has 0 bridgehead atoms. The van der Waals surface area contributed by atoms with E-state index in [0.717, 1.165) is 0 Å². The molecule has 4 rings (SSSR count). The number of rotatable bonds is 6. The first-order valence-corrected chi connectivity index (χ1v) is 9.61. The number of amides is 1. The fourth-order valence-corrected chi connectivity index (χ4v) is 3.30. The van der Waals surface area contributed by atoms with Gasteiger partial charge in [0.05, 0.1) is 23.0 Å². The summed E-state index contributed by atoms with van der Waals surface area (Å²) in [6.07, 6.45) is 3.32. The summed E-state index contributed by atoms with van der Waals surface area (Å²) in [4.78, 5) is 12.5. The van der Waals surface area contributed by atoms with Crippen molar-refractivity contribution < 1.29 is 9.18 Å². The number of halogens is 2. The second-order valence-corrected chi connectivity index (χ2v) is 7.27. The van der Waals surface area contributed by atoms with Crippen molar-refractivity contribution in [1.82, 2.24) is 35.5 Å². The molecule has 31 heavy (non-hydrogen) atoms. The Morgan fingerprint density at radius 1 is 1.32 bits per heavy atom. The number of aromatic amines is 2. The zero-order chi connectivity index (χ0) is 22.0. The van der Waals surface area contributed by atoms with Crippen molar-refractivity contribution in [3.63, 3.8) is 0 Å². The highest BCUT2D eigenvalue weighted by molar-refractivity contribution is 6.32. The third kappa shape index (κ3) is 4.31. The van der Waals surface area contributed by atoms with Gasteiger partial charge in [-0.25, -0.2) is 4.39 Å². The van der Waals surface area contributed by atoms with Crippen LogP contribution in [0.4, 0.5) is 4.39 Å². The molecule has 0 radical (unpaired) electrons.